The fraction of sp³-hybridized carbons (Fsp3) is 0.850. The molecule has 0 aromatic heterocycles. The molecule has 0 aliphatic heterocycles. The Kier molecular flexibility index (Phi) is 53.2. The minimum absolute atomic E-state index is 0.0738. The molecule has 0 saturated carbocycles. The summed E-state index contributed by atoms with van der Waals surface area (Å²) in [5, 5.41) is 0. The predicted octanol–water partition coefficient (Wildman–Crippen LogP) is 19.3. The summed E-state index contributed by atoms with van der Waals surface area (Å²) in [7, 11) is 0. The van der Waals surface area contributed by atoms with Crippen LogP contribution in [0.1, 0.15) is 310 Å². The van der Waals surface area contributed by atoms with Crippen LogP contribution >= 0.6 is 0 Å². The van der Waals surface area contributed by atoms with Gasteiger partial charge in [0, 0.05) is 19.3 Å². The number of allylic oxidation sites excluding steroid dienone is 6. The van der Waals surface area contributed by atoms with Crippen LogP contribution in [0.4, 0.5) is 0 Å². The van der Waals surface area contributed by atoms with Crippen LogP contribution in [0.25, 0.3) is 0 Å². The summed E-state index contributed by atoms with van der Waals surface area (Å²) in [6.45, 7) is 6.54. The fourth-order valence-electron chi connectivity index (χ4n) is 8.62. The molecule has 0 N–H and O–H groups in total. The van der Waals surface area contributed by atoms with E-state index in [2.05, 4.69) is 57.2 Å². The molecular weight excluding hydrogens is 817 g/mol. The number of hydrogen-bond acceptors (Lipinski definition) is 6. The van der Waals surface area contributed by atoms with Gasteiger partial charge in [-0.25, -0.2) is 0 Å². The SMILES string of the molecule is CC\C=C/C=C\C=C/CCCCCCCC(=O)OCC(COC(=O)CCCCCCCCCCCCCCCCCCCCC)OC(=O)CCCCCCCCCCCCCCCCCC. The van der Waals surface area contributed by atoms with Crippen molar-refractivity contribution in [2.45, 2.75) is 316 Å². The molecule has 0 fully saturated rings. The number of carbonyl (C=O) groups is 3. The van der Waals surface area contributed by atoms with E-state index in [9.17, 15) is 14.4 Å². The lowest BCUT2D eigenvalue weighted by Crippen LogP contribution is -2.30. The molecule has 0 heterocycles. The van der Waals surface area contributed by atoms with E-state index in [1.807, 2.05) is 0 Å². The van der Waals surface area contributed by atoms with Gasteiger partial charge >= 0.3 is 17.9 Å². The first-order valence-electron chi connectivity index (χ1n) is 29.0. The molecule has 1 unspecified atom stereocenters. The molecule has 1 atom stereocenters. The molecule has 0 rings (SSSR count). The fourth-order valence-corrected chi connectivity index (χ4v) is 8.62. The summed E-state index contributed by atoms with van der Waals surface area (Å²) in [5.74, 6) is -0.875. The zero-order chi connectivity index (χ0) is 47.9. The molecule has 66 heavy (non-hydrogen) atoms. The highest BCUT2D eigenvalue weighted by molar-refractivity contribution is 5.71. The lowest BCUT2D eigenvalue weighted by Gasteiger charge is -2.18. The van der Waals surface area contributed by atoms with E-state index in [-0.39, 0.29) is 31.1 Å². The van der Waals surface area contributed by atoms with E-state index >= 15 is 0 Å². The maximum absolute atomic E-state index is 12.8. The third-order valence-corrected chi connectivity index (χ3v) is 13.0. The van der Waals surface area contributed by atoms with Gasteiger partial charge in [0.1, 0.15) is 13.2 Å². The van der Waals surface area contributed by atoms with Gasteiger partial charge in [-0.3, -0.25) is 14.4 Å². The van der Waals surface area contributed by atoms with Crippen molar-refractivity contribution in [3.05, 3.63) is 36.5 Å². The van der Waals surface area contributed by atoms with Crippen molar-refractivity contribution in [2.75, 3.05) is 13.2 Å². The predicted molar refractivity (Wildman–Crippen MR) is 284 cm³/mol. The standard InChI is InChI=1S/C60H110O6/c1-4-7-10-13-16-19-22-25-27-29-30-31-33-35-38-41-44-47-50-53-59(62)65-56-57(55-64-58(61)52-49-46-43-40-37-34-24-21-18-15-12-9-6-3)66-60(63)54-51-48-45-42-39-36-32-28-26-23-20-17-14-11-8-5-2/h9,12,15,18,21,24,57H,4-8,10-11,13-14,16-17,19-20,22-23,25-56H2,1-3H3/b12-9-,18-15-,24-21-. The summed E-state index contributed by atoms with van der Waals surface area (Å²) in [4.78, 5) is 38.1. The Hall–Kier alpha value is -2.37. The van der Waals surface area contributed by atoms with E-state index in [4.69, 9.17) is 14.2 Å². The van der Waals surface area contributed by atoms with Crippen molar-refractivity contribution in [3.63, 3.8) is 0 Å². The summed E-state index contributed by atoms with van der Waals surface area (Å²) in [6, 6.07) is 0. The maximum atomic E-state index is 12.8. The smallest absolute Gasteiger partial charge is 0.306 e. The lowest BCUT2D eigenvalue weighted by atomic mass is 10.0. The average Bonchev–Trinajstić information content (AvgIpc) is 3.31. The molecule has 6 nitrogen and oxygen atoms in total. The van der Waals surface area contributed by atoms with Crippen LogP contribution in [0.5, 0.6) is 0 Å². The van der Waals surface area contributed by atoms with Crippen molar-refractivity contribution in [1.29, 1.82) is 0 Å². The number of unbranched alkanes of at least 4 members (excludes halogenated alkanes) is 38. The van der Waals surface area contributed by atoms with Gasteiger partial charge in [0.25, 0.3) is 0 Å². The minimum Gasteiger partial charge on any atom is -0.462 e. The van der Waals surface area contributed by atoms with Crippen LogP contribution in [0.2, 0.25) is 0 Å². The van der Waals surface area contributed by atoms with Gasteiger partial charge < -0.3 is 14.2 Å². The number of ether oxygens (including phenoxy) is 3. The highest BCUT2D eigenvalue weighted by Gasteiger charge is 2.19. The van der Waals surface area contributed by atoms with E-state index in [0.29, 0.717) is 19.3 Å². The third-order valence-electron chi connectivity index (χ3n) is 13.0. The Bertz CT molecular complexity index is 1110. The average molecular weight is 928 g/mol. The molecule has 0 amide bonds. The molecule has 0 bridgehead atoms. The highest BCUT2D eigenvalue weighted by atomic mass is 16.6. The van der Waals surface area contributed by atoms with Crippen molar-refractivity contribution in [3.8, 4) is 0 Å². The molecule has 6 heteroatoms. The van der Waals surface area contributed by atoms with Crippen molar-refractivity contribution in [2.24, 2.45) is 0 Å². The summed E-state index contributed by atoms with van der Waals surface area (Å²) < 4.78 is 16.9. The lowest BCUT2D eigenvalue weighted by molar-refractivity contribution is -0.167. The van der Waals surface area contributed by atoms with Gasteiger partial charge in [-0.2, -0.15) is 0 Å². The molecule has 386 valence electrons. The van der Waals surface area contributed by atoms with Gasteiger partial charge in [-0.15, -0.1) is 0 Å². The second kappa shape index (κ2) is 55.2. The quantitative estimate of drug-likeness (QED) is 0.0262. The Morgan fingerprint density at radius 2 is 0.591 bits per heavy atom. The van der Waals surface area contributed by atoms with Gasteiger partial charge in [0.05, 0.1) is 0 Å². The van der Waals surface area contributed by atoms with Crippen molar-refractivity contribution < 1.29 is 28.6 Å². The molecule has 0 saturated heterocycles. The van der Waals surface area contributed by atoms with Crippen LogP contribution in [0.3, 0.4) is 0 Å². The van der Waals surface area contributed by atoms with Gasteiger partial charge in [-0.05, 0) is 38.5 Å². The van der Waals surface area contributed by atoms with E-state index in [1.54, 1.807) is 0 Å². The molecular formula is C60H110O6. The summed E-state index contributed by atoms with van der Waals surface area (Å²) in [6.07, 6.45) is 65.7. The second-order valence-corrected chi connectivity index (χ2v) is 19.6. The molecule has 0 spiro atoms. The summed E-state index contributed by atoms with van der Waals surface area (Å²) in [5.41, 5.74) is 0. The monoisotopic (exact) mass is 927 g/mol. The minimum atomic E-state index is -0.776. The number of esters is 3. The van der Waals surface area contributed by atoms with Crippen LogP contribution in [0.15, 0.2) is 36.5 Å². The number of hydrogen-bond donors (Lipinski definition) is 0. The van der Waals surface area contributed by atoms with Gasteiger partial charge in [0.15, 0.2) is 6.10 Å². The largest absolute Gasteiger partial charge is 0.462 e. The molecule has 0 aliphatic carbocycles. The Labute approximate surface area is 410 Å². The van der Waals surface area contributed by atoms with Gasteiger partial charge in [-0.1, -0.05) is 288 Å². The van der Waals surface area contributed by atoms with Crippen molar-refractivity contribution >= 4 is 17.9 Å². The van der Waals surface area contributed by atoms with Crippen LogP contribution in [-0.4, -0.2) is 37.2 Å². The Morgan fingerprint density at radius 3 is 0.909 bits per heavy atom. The first-order valence-corrected chi connectivity index (χ1v) is 29.0. The van der Waals surface area contributed by atoms with E-state index < -0.39 is 6.10 Å². The first kappa shape index (κ1) is 63.6. The normalized spacial score (nSPS) is 12.2. The topological polar surface area (TPSA) is 78.9 Å². The Balaban J connectivity index is 4.31. The van der Waals surface area contributed by atoms with Crippen LogP contribution in [-0.2, 0) is 28.6 Å². The first-order chi connectivity index (χ1) is 32.5. The zero-order valence-electron chi connectivity index (χ0n) is 44.2. The van der Waals surface area contributed by atoms with Crippen LogP contribution in [0, 0.1) is 0 Å². The highest BCUT2D eigenvalue weighted by Crippen LogP contribution is 2.17. The van der Waals surface area contributed by atoms with E-state index in [1.165, 1.54) is 186 Å². The summed E-state index contributed by atoms with van der Waals surface area (Å²) >= 11 is 0. The van der Waals surface area contributed by atoms with Gasteiger partial charge in [0.2, 0.25) is 0 Å². The number of carbonyl (C=O) groups excluding carboxylic acids is 3. The van der Waals surface area contributed by atoms with E-state index in [0.717, 1.165) is 83.5 Å². The molecule has 0 aromatic carbocycles. The molecule has 0 aliphatic rings. The zero-order valence-corrected chi connectivity index (χ0v) is 44.2. The van der Waals surface area contributed by atoms with Crippen LogP contribution < -0.4 is 0 Å². The molecule has 0 radical (unpaired) electrons. The maximum Gasteiger partial charge on any atom is 0.306 e. The second-order valence-electron chi connectivity index (χ2n) is 19.6. The molecule has 0 aromatic rings. The Morgan fingerprint density at radius 1 is 0.318 bits per heavy atom. The van der Waals surface area contributed by atoms with Crippen molar-refractivity contribution in [1.82, 2.24) is 0 Å². The third kappa shape index (κ3) is 52.6. The number of rotatable bonds is 53.